The molecule has 0 bridgehead atoms. The average Bonchev–Trinajstić information content (AvgIpc) is 2.35. The van der Waals surface area contributed by atoms with Gasteiger partial charge in [-0.1, -0.05) is 27.2 Å². The van der Waals surface area contributed by atoms with Crippen molar-refractivity contribution < 1.29 is 14.6 Å². The molecule has 0 saturated carbocycles. The summed E-state index contributed by atoms with van der Waals surface area (Å²) in [7, 11) is 0. The van der Waals surface area contributed by atoms with Gasteiger partial charge in [0.15, 0.2) is 0 Å². The van der Waals surface area contributed by atoms with E-state index in [2.05, 4.69) is 19.2 Å². The van der Waals surface area contributed by atoms with Crippen molar-refractivity contribution in [1.29, 1.82) is 0 Å². The molecule has 1 fully saturated rings. The van der Waals surface area contributed by atoms with E-state index in [0.717, 1.165) is 6.42 Å². The van der Waals surface area contributed by atoms with Gasteiger partial charge in [0.05, 0.1) is 5.60 Å². The van der Waals surface area contributed by atoms with Gasteiger partial charge >= 0.3 is 0 Å². The van der Waals surface area contributed by atoms with E-state index in [0.29, 0.717) is 38.5 Å². The lowest BCUT2D eigenvalue weighted by molar-refractivity contribution is -0.128. The van der Waals surface area contributed by atoms with Crippen molar-refractivity contribution in [1.82, 2.24) is 5.32 Å². The van der Waals surface area contributed by atoms with Gasteiger partial charge in [-0.15, -0.1) is 0 Å². The van der Waals surface area contributed by atoms with Crippen LogP contribution in [0.4, 0.5) is 0 Å². The lowest BCUT2D eigenvalue weighted by Crippen LogP contribution is -2.48. The van der Waals surface area contributed by atoms with Gasteiger partial charge in [0.1, 0.15) is 0 Å². The highest BCUT2D eigenvalue weighted by Crippen LogP contribution is 2.20. The maximum absolute atomic E-state index is 11.9. The first kappa shape index (κ1) is 14.5. The Hall–Kier alpha value is -0.610. The van der Waals surface area contributed by atoms with Crippen LogP contribution >= 0.6 is 0 Å². The van der Waals surface area contributed by atoms with E-state index in [1.807, 2.05) is 6.92 Å². The molecule has 0 aliphatic carbocycles. The van der Waals surface area contributed by atoms with Crippen molar-refractivity contribution in [2.75, 3.05) is 19.8 Å². The summed E-state index contributed by atoms with van der Waals surface area (Å²) in [5.74, 6) is 0.419. The van der Waals surface area contributed by atoms with E-state index in [9.17, 15) is 9.90 Å². The van der Waals surface area contributed by atoms with E-state index in [1.165, 1.54) is 0 Å². The molecular formula is C13H25NO3. The maximum Gasteiger partial charge on any atom is 0.223 e. The van der Waals surface area contributed by atoms with Gasteiger partial charge in [-0.3, -0.25) is 4.79 Å². The first-order valence-corrected chi connectivity index (χ1v) is 6.56. The number of hydrogen-bond donors (Lipinski definition) is 2. The van der Waals surface area contributed by atoms with Crippen LogP contribution in [-0.2, 0) is 9.53 Å². The van der Waals surface area contributed by atoms with E-state index < -0.39 is 5.60 Å². The number of hydrogen-bond acceptors (Lipinski definition) is 3. The van der Waals surface area contributed by atoms with Crippen molar-refractivity contribution in [2.24, 2.45) is 11.8 Å². The molecule has 1 saturated heterocycles. The third-order valence-corrected chi connectivity index (χ3v) is 3.93. The minimum Gasteiger partial charge on any atom is -0.388 e. The fraction of sp³-hybridized carbons (Fsp3) is 0.923. The minimum atomic E-state index is -0.775. The number of aliphatic hydroxyl groups is 1. The topological polar surface area (TPSA) is 58.6 Å². The van der Waals surface area contributed by atoms with Crippen molar-refractivity contribution >= 4 is 5.91 Å². The zero-order valence-corrected chi connectivity index (χ0v) is 11.2. The molecule has 4 heteroatoms. The van der Waals surface area contributed by atoms with E-state index >= 15 is 0 Å². The minimum absolute atomic E-state index is 0.00319. The lowest BCUT2D eigenvalue weighted by atomic mass is 9.91. The summed E-state index contributed by atoms with van der Waals surface area (Å²) in [6.45, 7) is 7.60. The number of carbonyl (C=O) groups excluding carboxylic acids is 1. The van der Waals surface area contributed by atoms with Crippen LogP contribution in [0.2, 0.25) is 0 Å². The second-order valence-corrected chi connectivity index (χ2v) is 5.23. The van der Waals surface area contributed by atoms with Gasteiger partial charge < -0.3 is 15.2 Å². The van der Waals surface area contributed by atoms with E-state index in [-0.39, 0.29) is 11.8 Å². The Kier molecular flexibility index (Phi) is 5.40. The first-order chi connectivity index (χ1) is 7.98. The Bertz CT molecular complexity index is 249. The highest BCUT2D eigenvalue weighted by molar-refractivity contribution is 5.78. The molecule has 1 heterocycles. The van der Waals surface area contributed by atoms with Crippen LogP contribution < -0.4 is 5.32 Å². The predicted octanol–water partition coefficient (Wildman–Crippen LogP) is 1.33. The van der Waals surface area contributed by atoms with Gasteiger partial charge in [-0.2, -0.15) is 0 Å². The fourth-order valence-electron chi connectivity index (χ4n) is 1.95. The predicted molar refractivity (Wildman–Crippen MR) is 66.6 cm³/mol. The normalized spacial score (nSPS) is 22.8. The number of ether oxygens (including phenoxy) is 1. The Labute approximate surface area is 104 Å². The summed E-state index contributed by atoms with van der Waals surface area (Å²) in [6, 6.07) is 0. The van der Waals surface area contributed by atoms with Crippen LogP contribution in [0.25, 0.3) is 0 Å². The van der Waals surface area contributed by atoms with Gasteiger partial charge in [0, 0.05) is 38.5 Å². The standard InChI is InChI=1S/C13H25NO3/c1-4-10(2)11(3)12(15)14-9-13(16)5-7-17-8-6-13/h10-11,16H,4-9H2,1-3H3,(H,14,15). The maximum atomic E-state index is 11.9. The Balaban J connectivity index is 2.36. The molecule has 0 aromatic carbocycles. The largest absolute Gasteiger partial charge is 0.388 e. The molecule has 0 radical (unpaired) electrons. The van der Waals surface area contributed by atoms with Crippen molar-refractivity contribution in [3.05, 3.63) is 0 Å². The number of carbonyl (C=O) groups is 1. The molecule has 4 nitrogen and oxygen atoms in total. The number of rotatable bonds is 5. The summed E-state index contributed by atoms with van der Waals surface area (Å²) in [4.78, 5) is 11.9. The molecule has 100 valence electrons. The van der Waals surface area contributed by atoms with Crippen LogP contribution in [0.15, 0.2) is 0 Å². The highest BCUT2D eigenvalue weighted by Gasteiger charge is 2.31. The van der Waals surface area contributed by atoms with E-state index in [1.54, 1.807) is 0 Å². The Morgan fingerprint density at radius 3 is 2.53 bits per heavy atom. The van der Waals surface area contributed by atoms with Crippen molar-refractivity contribution in [2.45, 2.75) is 45.6 Å². The lowest BCUT2D eigenvalue weighted by Gasteiger charge is -2.32. The monoisotopic (exact) mass is 243 g/mol. The molecule has 1 amide bonds. The van der Waals surface area contributed by atoms with Crippen LogP contribution in [0, 0.1) is 11.8 Å². The molecule has 0 aromatic heterocycles. The number of amides is 1. The summed E-state index contributed by atoms with van der Waals surface area (Å²) < 4.78 is 5.20. The quantitative estimate of drug-likeness (QED) is 0.766. The Morgan fingerprint density at radius 1 is 1.41 bits per heavy atom. The highest BCUT2D eigenvalue weighted by atomic mass is 16.5. The zero-order chi connectivity index (χ0) is 12.9. The number of nitrogens with one attached hydrogen (secondary N) is 1. The third-order valence-electron chi connectivity index (χ3n) is 3.93. The molecule has 1 aliphatic rings. The second kappa shape index (κ2) is 6.36. The molecule has 17 heavy (non-hydrogen) atoms. The fourth-order valence-corrected chi connectivity index (χ4v) is 1.95. The zero-order valence-electron chi connectivity index (χ0n) is 11.2. The first-order valence-electron chi connectivity index (χ1n) is 6.56. The Morgan fingerprint density at radius 2 is 2.00 bits per heavy atom. The molecule has 1 aliphatic heterocycles. The van der Waals surface area contributed by atoms with Crippen molar-refractivity contribution in [3.8, 4) is 0 Å². The SMILES string of the molecule is CCC(C)C(C)C(=O)NCC1(O)CCOCC1. The molecule has 1 rings (SSSR count). The smallest absolute Gasteiger partial charge is 0.223 e. The van der Waals surface area contributed by atoms with Gasteiger partial charge in [-0.05, 0) is 5.92 Å². The van der Waals surface area contributed by atoms with E-state index in [4.69, 9.17) is 4.74 Å². The van der Waals surface area contributed by atoms with Gasteiger partial charge in [0.2, 0.25) is 5.91 Å². The summed E-state index contributed by atoms with van der Waals surface area (Å²) in [6.07, 6.45) is 2.20. The van der Waals surface area contributed by atoms with Crippen molar-refractivity contribution in [3.63, 3.8) is 0 Å². The third kappa shape index (κ3) is 4.28. The van der Waals surface area contributed by atoms with Crippen LogP contribution in [0.5, 0.6) is 0 Å². The molecular weight excluding hydrogens is 218 g/mol. The van der Waals surface area contributed by atoms with Gasteiger partial charge in [-0.25, -0.2) is 0 Å². The molecule has 2 unspecified atom stereocenters. The molecule has 0 aromatic rings. The molecule has 0 spiro atoms. The van der Waals surface area contributed by atoms with Crippen LogP contribution in [-0.4, -0.2) is 36.4 Å². The molecule has 2 N–H and O–H groups in total. The summed E-state index contributed by atoms with van der Waals surface area (Å²) in [5, 5.41) is 13.1. The van der Waals surface area contributed by atoms with Crippen LogP contribution in [0.3, 0.4) is 0 Å². The average molecular weight is 243 g/mol. The second-order valence-electron chi connectivity index (χ2n) is 5.23. The summed E-state index contributed by atoms with van der Waals surface area (Å²) >= 11 is 0. The molecule has 2 atom stereocenters. The summed E-state index contributed by atoms with van der Waals surface area (Å²) in [5.41, 5.74) is -0.775. The van der Waals surface area contributed by atoms with Gasteiger partial charge in [0.25, 0.3) is 0 Å². The van der Waals surface area contributed by atoms with Crippen LogP contribution in [0.1, 0.15) is 40.0 Å².